The molecule has 2 heteroatoms. The van der Waals surface area contributed by atoms with E-state index in [-0.39, 0.29) is 0 Å². The van der Waals surface area contributed by atoms with E-state index in [2.05, 4.69) is 4.98 Å². The monoisotopic (exact) mass is 147 g/mol. The van der Waals surface area contributed by atoms with E-state index in [1.165, 1.54) is 0 Å². The van der Waals surface area contributed by atoms with Crippen molar-refractivity contribution < 1.29 is 4.79 Å². The van der Waals surface area contributed by atoms with Gasteiger partial charge in [-0.1, -0.05) is 6.07 Å². The minimum absolute atomic E-state index is 0.706. The zero-order valence-electron chi connectivity index (χ0n) is 6.32. The fourth-order valence-electron chi connectivity index (χ4n) is 0.758. The van der Waals surface area contributed by atoms with Gasteiger partial charge in [0.15, 0.2) is 0 Å². The van der Waals surface area contributed by atoms with Crippen LogP contribution in [0.3, 0.4) is 0 Å². The molecule has 2 nitrogen and oxygen atoms in total. The highest BCUT2D eigenvalue weighted by Crippen LogP contribution is 2.01. The second kappa shape index (κ2) is 3.66. The summed E-state index contributed by atoms with van der Waals surface area (Å²) in [5, 5.41) is 0. The summed E-state index contributed by atoms with van der Waals surface area (Å²) >= 11 is 0. The number of carbonyl (C=O) groups excluding carboxylic acids is 1. The van der Waals surface area contributed by atoms with Crippen LogP contribution in [-0.4, -0.2) is 11.3 Å². The van der Waals surface area contributed by atoms with Crippen LogP contribution in [0.1, 0.15) is 12.5 Å². The average molecular weight is 147 g/mol. The Balaban J connectivity index is 2.87. The molecule has 0 radical (unpaired) electrons. The van der Waals surface area contributed by atoms with Crippen molar-refractivity contribution in [3.63, 3.8) is 0 Å². The van der Waals surface area contributed by atoms with Crippen molar-refractivity contribution in [2.45, 2.75) is 6.92 Å². The number of hydrogen-bond donors (Lipinski definition) is 0. The summed E-state index contributed by atoms with van der Waals surface area (Å²) in [6.45, 7) is 1.76. The molecule has 0 aromatic carbocycles. The van der Waals surface area contributed by atoms with Gasteiger partial charge in [-0.3, -0.25) is 9.78 Å². The van der Waals surface area contributed by atoms with Gasteiger partial charge in [-0.05, 0) is 30.2 Å². The Kier molecular flexibility index (Phi) is 2.55. The number of rotatable bonds is 2. The van der Waals surface area contributed by atoms with Gasteiger partial charge < -0.3 is 0 Å². The molecule has 0 aliphatic heterocycles. The Morgan fingerprint density at radius 1 is 1.64 bits per heavy atom. The molecule has 0 spiro atoms. The Morgan fingerprint density at radius 3 is 3.00 bits per heavy atom. The standard InChI is InChI=1S/C9H9NO/c1-8(7-11)5-9-3-2-4-10-6-9/h2-7H,1H3/b8-5+. The minimum Gasteiger partial charge on any atom is -0.298 e. The smallest absolute Gasteiger partial charge is 0.145 e. The van der Waals surface area contributed by atoms with Crippen molar-refractivity contribution in [3.8, 4) is 0 Å². The molecular weight excluding hydrogens is 138 g/mol. The van der Waals surface area contributed by atoms with Crippen molar-refractivity contribution in [2.75, 3.05) is 0 Å². The number of nitrogens with zero attached hydrogens (tertiary/aromatic N) is 1. The normalized spacial score (nSPS) is 11.2. The summed E-state index contributed by atoms with van der Waals surface area (Å²) in [5.74, 6) is 0. The van der Waals surface area contributed by atoms with E-state index in [0.29, 0.717) is 5.57 Å². The lowest BCUT2D eigenvalue weighted by Crippen LogP contribution is -1.78. The predicted octanol–water partition coefficient (Wildman–Crippen LogP) is 1.68. The molecule has 0 saturated heterocycles. The molecule has 0 saturated carbocycles. The molecular formula is C9H9NO. The number of aldehydes is 1. The van der Waals surface area contributed by atoms with Gasteiger partial charge in [0, 0.05) is 12.4 Å². The SMILES string of the molecule is C/C(C=O)=C\c1cccnc1. The van der Waals surface area contributed by atoms with Crippen LogP contribution in [0.25, 0.3) is 6.08 Å². The van der Waals surface area contributed by atoms with Gasteiger partial charge in [-0.15, -0.1) is 0 Å². The van der Waals surface area contributed by atoms with Crippen molar-refractivity contribution >= 4 is 12.4 Å². The van der Waals surface area contributed by atoms with Crippen LogP contribution in [-0.2, 0) is 4.79 Å². The van der Waals surface area contributed by atoms with E-state index in [9.17, 15) is 4.79 Å². The highest BCUT2D eigenvalue weighted by Gasteiger charge is 1.86. The van der Waals surface area contributed by atoms with E-state index in [4.69, 9.17) is 0 Å². The van der Waals surface area contributed by atoms with Crippen molar-refractivity contribution in [3.05, 3.63) is 35.7 Å². The summed E-state index contributed by atoms with van der Waals surface area (Å²) < 4.78 is 0. The van der Waals surface area contributed by atoms with Crippen LogP contribution in [0.15, 0.2) is 30.1 Å². The Morgan fingerprint density at radius 2 is 2.45 bits per heavy atom. The van der Waals surface area contributed by atoms with Gasteiger partial charge in [0.05, 0.1) is 0 Å². The third kappa shape index (κ3) is 2.34. The second-order valence-corrected chi connectivity index (χ2v) is 2.29. The molecule has 1 heterocycles. The quantitative estimate of drug-likeness (QED) is 0.470. The predicted molar refractivity (Wildman–Crippen MR) is 44.0 cm³/mol. The van der Waals surface area contributed by atoms with Crippen LogP contribution in [0, 0.1) is 0 Å². The van der Waals surface area contributed by atoms with Gasteiger partial charge in [0.1, 0.15) is 6.29 Å². The average Bonchev–Trinajstić information content (AvgIpc) is 2.06. The molecule has 0 N–H and O–H groups in total. The zero-order chi connectivity index (χ0) is 8.10. The molecule has 0 aliphatic rings. The highest BCUT2D eigenvalue weighted by molar-refractivity contribution is 5.80. The van der Waals surface area contributed by atoms with Crippen LogP contribution < -0.4 is 0 Å². The number of pyridine rings is 1. The van der Waals surface area contributed by atoms with Crippen molar-refractivity contribution in [1.29, 1.82) is 0 Å². The number of allylic oxidation sites excluding steroid dienone is 1. The number of aromatic nitrogens is 1. The first-order chi connectivity index (χ1) is 5.33. The van der Waals surface area contributed by atoms with E-state index in [1.807, 2.05) is 12.1 Å². The molecule has 56 valence electrons. The summed E-state index contributed by atoms with van der Waals surface area (Å²) in [6, 6.07) is 3.74. The second-order valence-electron chi connectivity index (χ2n) is 2.29. The van der Waals surface area contributed by atoms with Crippen molar-refractivity contribution in [2.24, 2.45) is 0 Å². The molecule has 0 amide bonds. The zero-order valence-corrected chi connectivity index (χ0v) is 6.32. The maximum Gasteiger partial charge on any atom is 0.145 e. The van der Waals surface area contributed by atoms with Crippen LogP contribution >= 0.6 is 0 Å². The third-order valence-corrected chi connectivity index (χ3v) is 1.26. The molecule has 1 rings (SSSR count). The maximum absolute atomic E-state index is 10.2. The topological polar surface area (TPSA) is 30.0 Å². The van der Waals surface area contributed by atoms with Crippen molar-refractivity contribution in [1.82, 2.24) is 4.98 Å². The van der Waals surface area contributed by atoms with Gasteiger partial charge in [0.25, 0.3) is 0 Å². The van der Waals surface area contributed by atoms with Gasteiger partial charge in [-0.2, -0.15) is 0 Å². The van der Waals surface area contributed by atoms with E-state index < -0.39 is 0 Å². The van der Waals surface area contributed by atoms with E-state index in [0.717, 1.165) is 11.8 Å². The summed E-state index contributed by atoms with van der Waals surface area (Å²) in [4.78, 5) is 14.1. The lowest BCUT2D eigenvalue weighted by atomic mass is 10.2. The lowest BCUT2D eigenvalue weighted by molar-refractivity contribution is -0.104. The fourth-order valence-corrected chi connectivity index (χ4v) is 0.758. The molecule has 1 aromatic heterocycles. The molecule has 1 aromatic rings. The molecule has 0 atom stereocenters. The Hall–Kier alpha value is -1.44. The van der Waals surface area contributed by atoms with Crippen LogP contribution in [0.2, 0.25) is 0 Å². The Labute approximate surface area is 65.6 Å². The highest BCUT2D eigenvalue weighted by atomic mass is 16.1. The lowest BCUT2D eigenvalue weighted by Gasteiger charge is -1.90. The van der Waals surface area contributed by atoms with Gasteiger partial charge in [0.2, 0.25) is 0 Å². The van der Waals surface area contributed by atoms with E-state index in [1.54, 1.807) is 25.4 Å². The van der Waals surface area contributed by atoms with Gasteiger partial charge >= 0.3 is 0 Å². The first kappa shape index (κ1) is 7.66. The molecule has 0 fully saturated rings. The summed E-state index contributed by atoms with van der Waals surface area (Å²) in [6.07, 6.45) is 6.04. The first-order valence-corrected chi connectivity index (χ1v) is 3.36. The Bertz CT molecular complexity index is 264. The van der Waals surface area contributed by atoms with Gasteiger partial charge in [-0.25, -0.2) is 0 Å². The molecule has 0 bridgehead atoms. The third-order valence-electron chi connectivity index (χ3n) is 1.26. The maximum atomic E-state index is 10.2. The minimum atomic E-state index is 0.706. The molecule has 0 aliphatic carbocycles. The first-order valence-electron chi connectivity index (χ1n) is 3.36. The molecule has 11 heavy (non-hydrogen) atoms. The number of hydrogen-bond acceptors (Lipinski definition) is 2. The number of carbonyl (C=O) groups is 1. The summed E-state index contributed by atoms with van der Waals surface area (Å²) in [5.41, 5.74) is 1.66. The van der Waals surface area contributed by atoms with E-state index >= 15 is 0 Å². The molecule has 0 unspecified atom stereocenters. The summed E-state index contributed by atoms with van der Waals surface area (Å²) in [7, 11) is 0. The largest absolute Gasteiger partial charge is 0.298 e. The van der Waals surface area contributed by atoms with Crippen LogP contribution in [0.5, 0.6) is 0 Å². The fraction of sp³-hybridized carbons (Fsp3) is 0.111. The van der Waals surface area contributed by atoms with Crippen LogP contribution in [0.4, 0.5) is 0 Å².